The molecule has 0 aromatic carbocycles. The number of nitrogens with zero attached hydrogens (tertiary/aromatic N) is 3. The summed E-state index contributed by atoms with van der Waals surface area (Å²) < 4.78 is 0. The van der Waals surface area contributed by atoms with Gasteiger partial charge >= 0.3 is 0 Å². The van der Waals surface area contributed by atoms with Gasteiger partial charge in [0.15, 0.2) is 0 Å². The lowest BCUT2D eigenvalue weighted by atomic mass is 10.0. The molecule has 2 unspecified atom stereocenters. The molecule has 5 nitrogen and oxygen atoms in total. The summed E-state index contributed by atoms with van der Waals surface area (Å²) in [5.41, 5.74) is 5.77. The van der Waals surface area contributed by atoms with Gasteiger partial charge < -0.3 is 15.7 Å². The van der Waals surface area contributed by atoms with Crippen molar-refractivity contribution < 1.29 is 5.11 Å². The molecule has 94 valence electrons. The first-order chi connectivity index (χ1) is 8.10. The number of aromatic nitrogens is 2. The molecule has 1 aliphatic heterocycles. The molecule has 1 aliphatic rings. The molecular formula is C12H20N4O. The van der Waals surface area contributed by atoms with E-state index in [4.69, 9.17) is 5.73 Å². The highest BCUT2D eigenvalue weighted by atomic mass is 16.3. The maximum Gasteiger partial charge on any atom is 0.134 e. The first-order valence-corrected chi connectivity index (χ1v) is 6.16. The average molecular weight is 236 g/mol. The molecule has 0 bridgehead atoms. The number of rotatable bonds is 3. The zero-order valence-corrected chi connectivity index (χ0v) is 10.4. The second kappa shape index (κ2) is 4.87. The molecule has 0 spiro atoms. The van der Waals surface area contributed by atoms with Crippen molar-refractivity contribution in [2.75, 3.05) is 23.7 Å². The minimum Gasteiger partial charge on any atom is -0.393 e. The van der Waals surface area contributed by atoms with E-state index in [-0.39, 0.29) is 6.10 Å². The predicted octanol–water partition coefficient (Wildman–Crippen LogP) is 0.828. The Hall–Kier alpha value is -1.36. The summed E-state index contributed by atoms with van der Waals surface area (Å²) in [4.78, 5) is 10.8. The Bertz CT molecular complexity index is 394. The number of hydrogen-bond donors (Lipinski definition) is 2. The van der Waals surface area contributed by atoms with Gasteiger partial charge in [0.1, 0.15) is 17.5 Å². The lowest BCUT2D eigenvalue weighted by molar-refractivity contribution is 0.136. The number of aliphatic hydroxyl groups excluding tert-OH is 1. The van der Waals surface area contributed by atoms with Gasteiger partial charge in [0.2, 0.25) is 0 Å². The van der Waals surface area contributed by atoms with Crippen LogP contribution in [0.15, 0.2) is 6.07 Å². The van der Waals surface area contributed by atoms with Crippen molar-refractivity contribution in [3.05, 3.63) is 11.9 Å². The maximum atomic E-state index is 9.59. The van der Waals surface area contributed by atoms with Crippen LogP contribution in [-0.2, 0) is 6.42 Å². The van der Waals surface area contributed by atoms with E-state index in [2.05, 4.69) is 14.9 Å². The molecule has 2 rings (SSSR count). The van der Waals surface area contributed by atoms with E-state index in [1.165, 1.54) is 0 Å². The first-order valence-electron chi connectivity index (χ1n) is 6.16. The molecular weight excluding hydrogens is 216 g/mol. The molecule has 1 aromatic rings. The molecule has 1 saturated heterocycles. The van der Waals surface area contributed by atoms with Crippen LogP contribution in [0.1, 0.15) is 26.1 Å². The van der Waals surface area contributed by atoms with Crippen molar-refractivity contribution >= 4 is 11.6 Å². The van der Waals surface area contributed by atoms with Gasteiger partial charge in [0, 0.05) is 31.5 Å². The minimum absolute atomic E-state index is 0.259. The second-order valence-electron chi connectivity index (χ2n) is 4.66. The van der Waals surface area contributed by atoms with Gasteiger partial charge in [-0.3, -0.25) is 0 Å². The highest BCUT2D eigenvalue weighted by molar-refractivity contribution is 5.47. The van der Waals surface area contributed by atoms with Crippen LogP contribution in [0.4, 0.5) is 11.6 Å². The summed E-state index contributed by atoms with van der Waals surface area (Å²) in [6.07, 6.45) is 1.53. The molecule has 1 fully saturated rings. The van der Waals surface area contributed by atoms with Gasteiger partial charge in [0.05, 0.1) is 6.10 Å². The van der Waals surface area contributed by atoms with E-state index in [1.807, 2.05) is 19.9 Å². The van der Waals surface area contributed by atoms with Gasteiger partial charge in [-0.25, -0.2) is 9.97 Å². The molecule has 0 aliphatic carbocycles. The third-order valence-corrected chi connectivity index (χ3v) is 3.33. The van der Waals surface area contributed by atoms with Crippen LogP contribution in [0.5, 0.6) is 0 Å². The van der Waals surface area contributed by atoms with Gasteiger partial charge in [-0.1, -0.05) is 6.92 Å². The van der Waals surface area contributed by atoms with Gasteiger partial charge in [-0.2, -0.15) is 0 Å². The maximum absolute atomic E-state index is 9.59. The second-order valence-corrected chi connectivity index (χ2v) is 4.66. The lowest BCUT2D eigenvalue weighted by Gasteiger charge is -2.19. The van der Waals surface area contributed by atoms with Crippen molar-refractivity contribution in [2.24, 2.45) is 5.92 Å². The summed E-state index contributed by atoms with van der Waals surface area (Å²) in [6.45, 7) is 5.63. The van der Waals surface area contributed by atoms with E-state index in [0.29, 0.717) is 11.7 Å². The van der Waals surface area contributed by atoms with Gasteiger partial charge in [0.25, 0.3) is 0 Å². The summed E-state index contributed by atoms with van der Waals surface area (Å²) in [7, 11) is 0. The van der Waals surface area contributed by atoms with E-state index in [0.717, 1.165) is 37.6 Å². The number of aryl methyl sites for hydroxylation is 1. The quantitative estimate of drug-likeness (QED) is 0.813. The average Bonchev–Trinajstić information content (AvgIpc) is 2.77. The Morgan fingerprint density at radius 2 is 2.35 bits per heavy atom. The monoisotopic (exact) mass is 236 g/mol. The number of aliphatic hydroxyl groups is 1. The highest BCUT2D eigenvalue weighted by Crippen LogP contribution is 2.25. The van der Waals surface area contributed by atoms with Crippen molar-refractivity contribution in [3.63, 3.8) is 0 Å². The topological polar surface area (TPSA) is 75.3 Å². The number of nitrogen functional groups attached to an aromatic ring is 1. The zero-order chi connectivity index (χ0) is 12.4. The van der Waals surface area contributed by atoms with Crippen molar-refractivity contribution in [1.29, 1.82) is 0 Å². The van der Waals surface area contributed by atoms with Crippen LogP contribution >= 0.6 is 0 Å². The molecule has 17 heavy (non-hydrogen) atoms. The molecule has 5 heteroatoms. The Morgan fingerprint density at radius 3 is 2.94 bits per heavy atom. The van der Waals surface area contributed by atoms with Crippen LogP contribution in [-0.4, -0.2) is 34.3 Å². The highest BCUT2D eigenvalue weighted by Gasteiger charge is 2.27. The Morgan fingerprint density at radius 1 is 1.59 bits per heavy atom. The fourth-order valence-corrected chi connectivity index (χ4v) is 2.21. The summed E-state index contributed by atoms with van der Waals surface area (Å²) >= 11 is 0. The fraction of sp³-hybridized carbons (Fsp3) is 0.667. The van der Waals surface area contributed by atoms with Gasteiger partial charge in [-0.05, 0) is 13.3 Å². The molecule has 0 saturated carbocycles. The van der Waals surface area contributed by atoms with Crippen LogP contribution < -0.4 is 10.6 Å². The summed E-state index contributed by atoms with van der Waals surface area (Å²) in [5.74, 6) is 2.52. The van der Waals surface area contributed by atoms with Crippen LogP contribution in [0.2, 0.25) is 0 Å². The third-order valence-electron chi connectivity index (χ3n) is 3.33. The molecule has 1 aromatic heterocycles. The minimum atomic E-state index is -0.259. The number of hydrogen-bond acceptors (Lipinski definition) is 5. The smallest absolute Gasteiger partial charge is 0.134 e. The third kappa shape index (κ3) is 2.66. The van der Waals surface area contributed by atoms with E-state index in [9.17, 15) is 5.11 Å². The van der Waals surface area contributed by atoms with Gasteiger partial charge in [-0.15, -0.1) is 0 Å². The van der Waals surface area contributed by atoms with Crippen LogP contribution in [0.3, 0.4) is 0 Å². The lowest BCUT2D eigenvalue weighted by Crippen LogP contribution is -2.25. The number of nitrogens with two attached hydrogens (primary N) is 1. The Balaban J connectivity index is 2.15. The Labute approximate surface area is 102 Å². The van der Waals surface area contributed by atoms with Crippen LogP contribution in [0.25, 0.3) is 0 Å². The first kappa shape index (κ1) is 12.1. The zero-order valence-electron chi connectivity index (χ0n) is 10.4. The summed E-state index contributed by atoms with van der Waals surface area (Å²) in [6, 6.07) is 1.81. The molecule has 3 N–H and O–H groups in total. The fourth-order valence-electron chi connectivity index (χ4n) is 2.21. The SMILES string of the molecule is CCc1nc(N)cc(N2CCC(C(C)O)C2)n1. The van der Waals surface area contributed by atoms with Crippen molar-refractivity contribution in [3.8, 4) is 0 Å². The van der Waals surface area contributed by atoms with Crippen molar-refractivity contribution in [2.45, 2.75) is 32.8 Å². The van der Waals surface area contributed by atoms with E-state index in [1.54, 1.807) is 0 Å². The molecule has 2 heterocycles. The van der Waals surface area contributed by atoms with E-state index < -0.39 is 0 Å². The van der Waals surface area contributed by atoms with Crippen LogP contribution in [0, 0.1) is 5.92 Å². The molecule has 0 radical (unpaired) electrons. The largest absolute Gasteiger partial charge is 0.393 e. The number of anilines is 2. The normalized spacial score (nSPS) is 21.8. The van der Waals surface area contributed by atoms with Crippen molar-refractivity contribution in [1.82, 2.24) is 9.97 Å². The molecule has 0 amide bonds. The Kier molecular flexibility index (Phi) is 3.47. The molecule has 2 atom stereocenters. The predicted molar refractivity (Wildman–Crippen MR) is 67.8 cm³/mol. The standard InChI is InChI=1S/C12H20N4O/c1-3-11-14-10(13)6-12(15-11)16-5-4-9(7-16)8(2)17/h6,8-9,17H,3-5,7H2,1-2H3,(H2,13,14,15). The summed E-state index contributed by atoms with van der Waals surface area (Å²) in [5, 5.41) is 9.59. The van der Waals surface area contributed by atoms with E-state index >= 15 is 0 Å².